The smallest absolute Gasteiger partial charge is 0.0517 e. The molecule has 0 atom stereocenters. The molecule has 0 saturated carbocycles. The van der Waals surface area contributed by atoms with Gasteiger partial charge in [-0.15, -0.1) is 0 Å². The van der Waals surface area contributed by atoms with Gasteiger partial charge in [-0.05, 0) is 30.0 Å². The maximum atomic E-state index is 6.02. The molecule has 1 aromatic carbocycles. The van der Waals surface area contributed by atoms with Gasteiger partial charge in [-0.2, -0.15) is 0 Å². The van der Waals surface area contributed by atoms with E-state index in [1.54, 1.807) is 0 Å². The van der Waals surface area contributed by atoms with Crippen LogP contribution in [0.5, 0.6) is 0 Å². The molecule has 0 aliphatic carbocycles. The van der Waals surface area contributed by atoms with Crippen molar-refractivity contribution in [1.29, 1.82) is 0 Å². The first-order chi connectivity index (χ1) is 6.27. The second-order valence-electron chi connectivity index (χ2n) is 3.35. The molecular formula is C12H16Cl. The van der Waals surface area contributed by atoms with E-state index in [1.807, 2.05) is 6.07 Å². The minimum atomic E-state index is 0.793. The largest absolute Gasteiger partial charge is 0.0834 e. The van der Waals surface area contributed by atoms with E-state index in [1.165, 1.54) is 17.5 Å². The van der Waals surface area contributed by atoms with Crippen molar-refractivity contribution in [3.63, 3.8) is 0 Å². The van der Waals surface area contributed by atoms with Crippen LogP contribution in [0.1, 0.15) is 37.8 Å². The van der Waals surface area contributed by atoms with Crippen molar-refractivity contribution in [3.05, 3.63) is 34.3 Å². The zero-order valence-corrected chi connectivity index (χ0v) is 9.12. The van der Waals surface area contributed by atoms with E-state index in [0.717, 1.165) is 24.3 Å². The van der Waals surface area contributed by atoms with Crippen molar-refractivity contribution < 1.29 is 0 Å². The molecule has 71 valence electrons. The number of hydrogen-bond acceptors (Lipinski definition) is 0. The molecule has 0 fully saturated rings. The second-order valence-corrected chi connectivity index (χ2v) is 3.73. The highest BCUT2D eigenvalue weighted by Crippen LogP contribution is 2.19. The van der Waals surface area contributed by atoms with Gasteiger partial charge in [-0.3, -0.25) is 0 Å². The Morgan fingerprint density at radius 1 is 1.23 bits per heavy atom. The summed E-state index contributed by atoms with van der Waals surface area (Å²) in [7, 11) is 0. The normalized spacial score (nSPS) is 10.4. The van der Waals surface area contributed by atoms with Crippen LogP contribution in [0.25, 0.3) is 0 Å². The monoisotopic (exact) mass is 195 g/mol. The molecule has 1 rings (SSSR count). The van der Waals surface area contributed by atoms with Crippen LogP contribution in [-0.2, 0) is 12.8 Å². The molecule has 0 saturated heterocycles. The molecular weight excluding hydrogens is 180 g/mol. The SMILES string of the molecule is CCCc1c[c]c(Cl)c(CCC)c1. The predicted octanol–water partition coefficient (Wildman–Crippen LogP) is 4.05. The Balaban J connectivity index is 2.83. The van der Waals surface area contributed by atoms with Gasteiger partial charge in [0.05, 0.1) is 5.02 Å². The van der Waals surface area contributed by atoms with Crippen molar-refractivity contribution >= 4 is 11.6 Å². The van der Waals surface area contributed by atoms with Gasteiger partial charge in [-0.25, -0.2) is 0 Å². The zero-order valence-electron chi connectivity index (χ0n) is 8.36. The lowest BCUT2D eigenvalue weighted by Gasteiger charge is -2.05. The fraction of sp³-hybridized carbons (Fsp3) is 0.500. The lowest BCUT2D eigenvalue weighted by Crippen LogP contribution is -1.89. The minimum absolute atomic E-state index is 0.793. The van der Waals surface area contributed by atoms with Gasteiger partial charge in [0.15, 0.2) is 0 Å². The van der Waals surface area contributed by atoms with Gasteiger partial charge in [0, 0.05) is 6.07 Å². The van der Waals surface area contributed by atoms with Gasteiger partial charge in [0.2, 0.25) is 0 Å². The summed E-state index contributed by atoms with van der Waals surface area (Å²) >= 11 is 6.02. The second kappa shape index (κ2) is 5.29. The van der Waals surface area contributed by atoms with Crippen LogP contribution in [0, 0.1) is 6.07 Å². The summed E-state index contributed by atoms with van der Waals surface area (Å²) in [6.45, 7) is 4.36. The molecule has 0 amide bonds. The van der Waals surface area contributed by atoms with Crippen LogP contribution in [0.15, 0.2) is 12.1 Å². The van der Waals surface area contributed by atoms with Crippen LogP contribution in [0.4, 0.5) is 0 Å². The number of halogens is 1. The highest BCUT2D eigenvalue weighted by atomic mass is 35.5. The maximum absolute atomic E-state index is 6.02. The van der Waals surface area contributed by atoms with Gasteiger partial charge < -0.3 is 0 Å². The van der Waals surface area contributed by atoms with Gasteiger partial charge in [-0.1, -0.05) is 44.4 Å². The van der Waals surface area contributed by atoms with Crippen LogP contribution in [-0.4, -0.2) is 0 Å². The van der Waals surface area contributed by atoms with Gasteiger partial charge in [0.25, 0.3) is 0 Å². The van der Waals surface area contributed by atoms with E-state index in [9.17, 15) is 0 Å². The maximum Gasteiger partial charge on any atom is 0.0517 e. The fourth-order valence-electron chi connectivity index (χ4n) is 1.46. The van der Waals surface area contributed by atoms with Crippen molar-refractivity contribution in [2.75, 3.05) is 0 Å². The molecule has 0 aliphatic rings. The zero-order chi connectivity index (χ0) is 9.68. The Hall–Kier alpha value is -0.490. The van der Waals surface area contributed by atoms with E-state index in [2.05, 4.69) is 26.0 Å². The number of aryl methyl sites for hydroxylation is 2. The highest BCUT2D eigenvalue weighted by molar-refractivity contribution is 6.31. The summed E-state index contributed by atoms with van der Waals surface area (Å²) in [5.41, 5.74) is 2.60. The fourth-order valence-corrected chi connectivity index (χ4v) is 1.67. The highest BCUT2D eigenvalue weighted by Gasteiger charge is 2.00. The number of benzene rings is 1. The third-order valence-corrected chi connectivity index (χ3v) is 2.44. The molecule has 1 heteroatoms. The van der Waals surface area contributed by atoms with Crippen LogP contribution >= 0.6 is 11.6 Å². The van der Waals surface area contributed by atoms with Gasteiger partial charge in [0.1, 0.15) is 0 Å². The van der Waals surface area contributed by atoms with E-state index in [-0.39, 0.29) is 0 Å². The average molecular weight is 196 g/mol. The predicted molar refractivity (Wildman–Crippen MR) is 58.3 cm³/mol. The van der Waals surface area contributed by atoms with Crippen molar-refractivity contribution in [2.45, 2.75) is 39.5 Å². The molecule has 0 spiro atoms. The summed E-state index contributed by atoms with van der Waals surface area (Å²) in [5, 5.41) is 0.793. The number of rotatable bonds is 4. The quantitative estimate of drug-likeness (QED) is 0.680. The Morgan fingerprint density at radius 3 is 2.54 bits per heavy atom. The standard InChI is InChI=1S/C12H16Cl/c1-3-5-10-7-8-12(13)11(9-10)6-4-2/h7,9H,3-6H2,1-2H3. The molecule has 1 aromatic rings. The third-order valence-electron chi connectivity index (χ3n) is 2.08. The average Bonchev–Trinajstić information content (AvgIpc) is 2.12. The molecule has 0 N–H and O–H groups in total. The summed E-state index contributed by atoms with van der Waals surface area (Å²) in [6, 6.07) is 7.32. The Morgan fingerprint density at radius 2 is 1.92 bits per heavy atom. The summed E-state index contributed by atoms with van der Waals surface area (Å²) < 4.78 is 0. The van der Waals surface area contributed by atoms with E-state index >= 15 is 0 Å². The van der Waals surface area contributed by atoms with E-state index < -0.39 is 0 Å². The van der Waals surface area contributed by atoms with E-state index in [0.29, 0.717) is 0 Å². The van der Waals surface area contributed by atoms with Crippen LogP contribution in [0.3, 0.4) is 0 Å². The van der Waals surface area contributed by atoms with Crippen molar-refractivity contribution in [3.8, 4) is 0 Å². The molecule has 0 nitrogen and oxygen atoms in total. The van der Waals surface area contributed by atoms with Crippen LogP contribution in [0.2, 0.25) is 5.02 Å². The van der Waals surface area contributed by atoms with Crippen molar-refractivity contribution in [1.82, 2.24) is 0 Å². The molecule has 0 bridgehead atoms. The first kappa shape index (κ1) is 10.6. The molecule has 0 heterocycles. The minimum Gasteiger partial charge on any atom is -0.0834 e. The van der Waals surface area contributed by atoms with E-state index in [4.69, 9.17) is 11.6 Å². The Kier molecular flexibility index (Phi) is 4.31. The lowest BCUT2D eigenvalue weighted by atomic mass is 10.0. The van der Waals surface area contributed by atoms with Gasteiger partial charge >= 0.3 is 0 Å². The van der Waals surface area contributed by atoms with Crippen molar-refractivity contribution in [2.24, 2.45) is 0 Å². The summed E-state index contributed by atoms with van der Waals surface area (Å²) in [4.78, 5) is 0. The molecule has 13 heavy (non-hydrogen) atoms. The summed E-state index contributed by atoms with van der Waals surface area (Å²) in [5.74, 6) is 0. The first-order valence-electron chi connectivity index (χ1n) is 4.97. The molecule has 0 aromatic heterocycles. The molecule has 1 radical (unpaired) electrons. The third kappa shape index (κ3) is 3.04. The lowest BCUT2D eigenvalue weighted by molar-refractivity contribution is 0.895. The summed E-state index contributed by atoms with van der Waals surface area (Å²) in [6.07, 6.45) is 4.52. The first-order valence-corrected chi connectivity index (χ1v) is 5.34. The molecule has 0 aliphatic heterocycles. The molecule has 0 unspecified atom stereocenters. The van der Waals surface area contributed by atoms with Crippen LogP contribution < -0.4 is 0 Å². The Bertz CT molecular complexity index is 266. The Labute approximate surface area is 85.9 Å². The number of hydrogen-bond donors (Lipinski definition) is 0. The topological polar surface area (TPSA) is 0 Å².